The lowest BCUT2D eigenvalue weighted by Crippen LogP contribution is -2.30. The molecule has 180 valence electrons. The Balaban J connectivity index is 2.67. The molecule has 0 aliphatic carbocycles. The van der Waals surface area contributed by atoms with Crippen LogP contribution >= 0.6 is 11.6 Å². The number of ether oxygens (including phenoxy) is 2. The summed E-state index contributed by atoms with van der Waals surface area (Å²) in [6.45, 7) is 9.10. The Labute approximate surface area is 196 Å². The number of hydrogen-bond acceptors (Lipinski definition) is 5. The van der Waals surface area contributed by atoms with Gasteiger partial charge in [-0.3, -0.25) is 9.67 Å². The number of carbonyl (C=O) groups is 1. The summed E-state index contributed by atoms with van der Waals surface area (Å²) in [6.07, 6.45) is -5.23. The number of nitrogens with zero attached hydrogens (tertiary/aromatic N) is 3. The second kappa shape index (κ2) is 9.99. The minimum Gasteiger partial charge on any atom is -0.452 e. The maximum Gasteiger partial charge on any atom is 0.491 e. The third-order valence-corrected chi connectivity index (χ3v) is 5.17. The minimum atomic E-state index is -5.15. The summed E-state index contributed by atoms with van der Waals surface area (Å²) in [5.74, 6) is -2.29. The van der Waals surface area contributed by atoms with Gasteiger partial charge in [-0.25, -0.2) is 4.79 Å². The fraction of sp³-hybridized carbons (Fsp3) is 0.435. The van der Waals surface area contributed by atoms with Crippen molar-refractivity contribution in [3.63, 3.8) is 0 Å². The van der Waals surface area contributed by atoms with E-state index in [0.29, 0.717) is 22.5 Å². The number of halogens is 4. The van der Waals surface area contributed by atoms with Gasteiger partial charge >= 0.3 is 12.1 Å². The zero-order valence-corrected chi connectivity index (χ0v) is 20.3. The maximum absolute atomic E-state index is 12.7. The summed E-state index contributed by atoms with van der Waals surface area (Å²) in [6, 6.07) is 7.59. The Morgan fingerprint density at radius 3 is 2.18 bits per heavy atom. The molecule has 2 rings (SSSR count). The molecule has 10 heteroatoms. The van der Waals surface area contributed by atoms with E-state index in [0.717, 1.165) is 5.56 Å². The van der Waals surface area contributed by atoms with Crippen LogP contribution in [0.3, 0.4) is 0 Å². The number of aliphatic imine (C=N–C) groups is 1. The molecule has 0 radical (unpaired) electrons. The molecule has 1 atom stereocenters. The molecule has 1 heterocycles. The number of aromatic nitrogens is 2. The van der Waals surface area contributed by atoms with Gasteiger partial charge in [-0.15, -0.1) is 0 Å². The number of esters is 1. The van der Waals surface area contributed by atoms with E-state index in [9.17, 15) is 18.0 Å². The van der Waals surface area contributed by atoms with Gasteiger partial charge in [0.05, 0.1) is 10.7 Å². The molecule has 1 aromatic heterocycles. The monoisotopic (exact) mass is 485 g/mol. The van der Waals surface area contributed by atoms with Crippen molar-refractivity contribution in [1.29, 1.82) is 0 Å². The Morgan fingerprint density at radius 1 is 1.18 bits per heavy atom. The lowest BCUT2D eigenvalue weighted by Gasteiger charge is -2.22. The van der Waals surface area contributed by atoms with Gasteiger partial charge in [-0.2, -0.15) is 18.3 Å². The zero-order valence-electron chi connectivity index (χ0n) is 19.5. The molecule has 1 aromatic carbocycles. The van der Waals surface area contributed by atoms with Gasteiger partial charge in [-0.1, -0.05) is 56.6 Å². The number of hydrogen-bond donors (Lipinski definition) is 0. The van der Waals surface area contributed by atoms with E-state index in [2.05, 4.69) is 35.6 Å². The zero-order chi connectivity index (χ0) is 25.1. The van der Waals surface area contributed by atoms with Crippen LogP contribution in [0.1, 0.15) is 50.2 Å². The molecule has 33 heavy (non-hydrogen) atoms. The predicted molar refractivity (Wildman–Crippen MR) is 122 cm³/mol. The van der Waals surface area contributed by atoms with Gasteiger partial charge in [-0.05, 0) is 23.5 Å². The van der Waals surface area contributed by atoms with Gasteiger partial charge < -0.3 is 9.47 Å². The Kier molecular flexibility index (Phi) is 8.00. The molecule has 0 N–H and O–H groups in total. The van der Waals surface area contributed by atoms with E-state index >= 15 is 0 Å². The van der Waals surface area contributed by atoms with E-state index in [1.807, 2.05) is 24.3 Å². The molecular formula is C23H27ClF3N3O3. The van der Waals surface area contributed by atoms with Gasteiger partial charge in [0.15, 0.2) is 5.76 Å². The van der Waals surface area contributed by atoms with Crippen LogP contribution in [0.15, 0.2) is 29.3 Å². The molecular weight excluding hydrogens is 459 g/mol. The third-order valence-electron chi connectivity index (χ3n) is 4.72. The van der Waals surface area contributed by atoms with E-state index in [1.165, 1.54) is 17.8 Å². The lowest BCUT2D eigenvalue weighted by atomic mass is 9.86. The average Bonchev–Trinajstić information content (AvgIpc) is 2.95. The smallest absolute Gasteiger partial charge is 0.452 e. The summed E-state index contributed by atoms with van der Waals surface area (Å²) in [7, 11) is 3.16. The first-order valence-corrected chi connectivity index (χ1v) is 10.5. The van der Waals surface area contributed by atoms with Crippen molar-refractivity contribution >= 4 is 35.1 Å². The Bertz CT molecular complexity index is 1070. The third kappa shape index (κ3) is 6.37. The topological polar surface area (TPSA) is 65.7 Å². The number of alkyl halides is 3. The summed E-state index contributed by atoms with van der Waals surface area (Å²) in [5.41, 5.74) is 2.91. The number of aryl methyl sites for hydroxylation is 2. The summed E-state index contributed by atoms with van der Waals surface area (Å²) in [5, 5.41) is 4.51. The van der Waals surface area contributed by atoms with Crippen molar-refractivity contribution in [2.45, 2.75) is 52.5 Å². The number of carbonyl (C=O) groups excluding carboxylic acids is 1. The predicted octanol–water partition coefficient (Wildman–Crippen LogP) is 5.72. The first-order valence-electron chi connectivity index (χ1n) is 10.1. The van der Waals surface area contributed by atoms with Crippen LogP contribution in [0.25, 0.3) is 11.3 Å². The standard InChI is InChI=1S/C23H27ClF3N3O3/c1-13-18(24)19(30(7)29-13)20(32-14(2)33-21(31)23(25,26)27)17(12-28-6)15-8-10-16(11-9-15)22(3,4)5/h8-12,14H,1-7H3/b20-17-,28-12-. The van der Waals surface area contributed by atoms with Crippen molar-refractivity contribution in [2.24, 2.45) is 12.0 Å². The first-order chi connectivity index (χ1) is 15.2. The number of rotatable bonds is 6. The van der Waals surface area contributed by atoms with Crippen LogP contribution in [0.2, 0.25) is 5.02 Å². The normalized spacial score (nSPS) is 14.3. The highest BCUT2D eigenvalue weighted by molar-refractivity contribution is 6.33. The van der Waals surface area contributed by atoms with Crippen LogP contribution < -0.4 is 0 Å². The molecule has 0 bridgehead atoms. The van der Waals surface area contributed by atoms with Crippen molar-refractivity contribution in [3.05, 3.63) is 51.8 Å². The van der Waals surface area contributed by atoms with Crippen LogP contribution in [0.4, 0.5) is 13.2 Å². The molecule has 6 nitrogen and oxygen atoms in total. The molecule has 2 aromatic rings. The summed E-state index contributed by atoms with van der Waals surface area (Å²) in [4.78, 5) is 15.4. The summed E-state index contributed by atoms with van der Waals surface area (Å²) >= 11 is 6.46. The van der Waals surface area contributed by atoms with Crippen molar-refractivity contribution < 1.29 is 27.4 Å². The Morgan fingerprint density at radius 2 is 1.76 bits per heavy atom. The second-order valence-electron chi connectivity index (χ2n) is 8.42. The molecule has 0 aliphatic heterocycles. The molecule has 0 saturated carbocycles. The number of benzene rings is 1. The van der Waals surface area contributed by atoms with E-state index in [4.69, 9.17) is 16.3 Å². The van der Waals surface area contributed by atoms with Gasteiger partial charge in [0.25, 0.3) is 0 Å². The SMILES string of the molecule is C/N=C\C(=C(\OC(C)OC(=O)C(F)(F)F)c1c(Cl)c(C)nn1C)c1ccc(C(C)(C)C)cc1. The maximum atomic E-state index is 12.7. The van der Waals surface area contributed by atoms with Crippen molar-refractivity contribution in [2.75, 3.05) is 7.05 Å². The number of allylic oxidation sites excluding steroid dienone is 1. The fourth-order valence-electron chi connectivity index (χ4n) is 3.08. The lowest BCUT2D eigenvalue weighted by molar-refractivity contribution is -0.216. The quantitative estimate of drug-likeness (QED) is 0.227. The van der Waals surface area contributed by atoms with E-state index < -0.39 is 18.4 Å². The first kappa shape index (κ1) is 26.4. The Hall–Kier alpha value is -2.81. The van der Waals surface area contributed by atoms with Crippen LogP contribution in [-0.4, -0.2) is 41.5 Å². The molecule has 0 saturated heterocycles. The molecule has 0 spiro atoms. The van der Waals surface area contributed by atoms with Crippen LogP contribution in [-0.2, 0) is 26.7 Å². The van der Waals surface area contributed by atoms with E-state index in [-0.39, 0.29) is 16.2 Å². The largest absolute Gasteiger partial charge is 0.491 e. The summed E-state index contributed by atoms with van der Waals surface area (Å²) < 4.78 is 49.7. The van der Waals surface area contributed by atoms with Crippen molar-refractivity contribution in [1.82, 2.24) is 9.78 Å². The fourth-order valence-corrected chi connectivity index (χ4v) is 3.32. The van der Waals surface area contributed by atoms with Crippen molar-refractivity contribution in [3.8, 4) is 0 Å². The second-order valence-corrected chi connectivity index (χ2v) is 8.80. The molecule has 0 amide bonds. The molecule has 1 unspecified atom stereocenters. The highest BCUT2D eigenvalue weighted by atomic mass is 35.5. The average molecular weight is 486 g/mol. The van der Waals surface area contributed by atoms with Gasteiger partial charge in [0.1, 0.15) is 5.69 Å². The highest BCUT2D eigenvalue weighted by Gasteiger charge is 2.42. The molecule has 0 aliphatic rings. The minimum absolute atomic E-state index is 0.0692. The molecule has 0 fully saturated rings. The van der Waals surface area contributed by atoms with Gasteiger partial charge in [0.2, 0.25) is 6.29 Å². The van der Waals surface area contributed by atoms with Crippen LogP contribution in [0.5, 0.6) is 0 Å². The highest BCUT2D eigenvalue weighted by Crippen LogP contribution is 2.35. The van der Waals surface area contributed by atoms with E-state index in [1.54, 1.807) is 21.0 Å². The van der Waals surface area contributed by atoms with Gasteiger partial charge in [0, 0.05) is 32.8 Å². The van der Waals surface area contributed by atoms with Crippen LogP contribution in [0, 0.1) is 6.92 Å².